The highest BCUT2D eigenvalue weighted by molar-refractivity contribution is 9.10. The molecule has 13 heavy (non-hydrogen) atoms. The third kappa shape index (κ3) is 1.58. The summed E-state index contributed by atoms with van der Waals surface area (Å²) in [6.45, 7) is 0. The van der Waals surface area contributed by atoms with Crippen molar-refractivity contribution >= 4 is 39.1 Å². The van der Waals surface area contributed by atoms with Gasteiger partial charge in [0.05, 0.1) is 15.2 Å². The molecule has 2 nitrogen and oxygen atoms in total. The summed E-state index contributed by atoms with van der Waals surface area (Å²) < 4.78 is 0.778. The summed E-state index contributed by atoms with van der Waals surface area (Å²) in [6, 6.07) is 3.78. The summed E-state index contributed by atoms with van der Waals surface area (Å²) in [7, 11) is 0. The van der Waals surface area contributed by atoms with Crippen molar-refractivity contribution in [2.45, 2.75) is 12.8 Å². The number of fused-ring (bicyclic) bond motifs is 1. The average molecular weight is 261 g/mol. The summed E-state index contributed by atoms with van der Waals surface area (Å²) in [6.07, 6.45) is 1.35. The number of rotatable bonds is 0. The van der Waals surface area contributed by atoms with Gasteiger partial charge in [0, 0.05) is 6.42 Å². The molecule has 0 saturated carbocycles. The van der Waals surface area contributed by atoms with Gasteiger partial charge in [-0.1, -0.05) is 17.7 Å². The molecule has 1 N–H and O–H groups in total. The molecule has 0 radical (unpaired) electrons. The standard InChI is InChI=1S/C9H7BrClNO/c10-8-6(11)3-1-5-2-4-7(13)12-9(5)8/h1,3H,2,4H2,(H,12,13). The smallest absolute Gasteiger partial charge is 0.224 e. The van der Waals surface area contributed by atoms with E-state index in [4.69, 9.17) is 11.6 Å². The molecule has 0 atom stereocenters. The van der Waals surface area contributed by atoms with Crippen molar-refractivity contribution in [2.75, 3.05) is 5.32 Å². The lowest BCUT2D eigenvalue weighted by Crippen LogP contribution is -2.19. The van der Waals surface area contributed by atoms with E-state index in [1.807, 2.05) is 12.1 Å². The molecule has 0 spiro atoms. The summed E-state index contributed by atoms with van der Waals surface area (Å²) in [5, 5.41) is 3.42. The number of amides is 1. The Kier molecular flexibility index (Phi) is 2.30. The topological polar surface area (TPSA) is 29.1 Å². The Hall–Kier alpha value is -0.540. The second kappa shape index (κ2) is 3.31. The first-order valence-electron chi connectivity index (χ1n) is 3.95. The number of hydrogen-bond acceptors (Lipinski definition) is 1. The minimum atomic E-state index is 0.0514. The molecule has 1 aromatic carbocycles. The Morgan fingerprint density at radius 2 is 2.15 bits per heavy atom. The lowest BCUT2D eigenvalue weighted by atomic mass is 10.0. The molecule has 1 aliphatic heterocycles. The van der Waals surface area contributed by atoms with Gasteiger partial charge in [-0.2, -0.15) is 0 Å². The Bertz CT molecular complexity index is 378. The van der Waals surface area contributed by atoms with Crippen molar-refractivity contribution in [2.24, 2.45) is 0 Å². The van der Waals surface area contributed by atoms with Gasteiger partial charge in [-0.15, -0.1) is 0 Å². The van der Waals surface area contributed by atoms with Crippen LogP contribution in [0.5, 0.6) is 0 Å². The largest absolute Gasteiger partial charge is 0.325 e. The molecular formula is C9H7BrClNO. The van der Waals surface area contributed by atoms with Gasteiger partial charge in [-0.05, 0) is 34.0 Å². The zero-order valence-corrected chi connectivity index (χ0v) is 9.08. The van der Waals surface area contributed by atoms with E-state index in [9.17, 15) is 4.79 Å². The van der Waals surface area contributed by atoms with Crippen LogP contribution in [0, 0.1) is 0 Å². The van der Waals surface area contributed by atoms with Gasteiger partial charge in [-0.3, -0.25) is 4.79 Å². The molecule has 1 amide bonds. The number of hydrogen-bond donors (Lipinski definition) is 1. The van der Waals surface area contributed by atoms with Crippen LogP contribution in [0.1, 0.15) is 12.0 Å². The minimum Gasteiger partial charge on any atom is -0.325 e. The van der Waals surface area contributed by atoms with Gasteiger partial charge in [-0.25, -0.2) is 0 Å². The first-order chi connectivity index (χ1) is 6.18. The zero-order valence-electron chi connectivity index (χ0n) is 6.73. The highest BCUT2D eigenvalue weighted by Gasteiger charge is 2.18. The number of benzene rings is 1. The molecular weight excluding hydrogens is 253 g/mol. The van der Waals surface area contributed by atoms with E-state index in [2.05, 4.69) is 21.2 Å². The van der Waals surface area contributed by atoms with Crippen molar-refractivity contribution in [1.82, 2.24) is 0 Å². The molecule has 0 bridgehead atoms. The Morgan fingerprint density at radius 1 is 1.38 bits per heavy atom. The summed E-state index contributed by atoms with van der Waals surface area (Å²) in [5.74, 6) is 0.0514. The lowest BCUT2D eigenvalue weighted by molar-refractivity contribution is -0.116. The van der Waals surface area contributed by atoms with Gasteiger partial charge >= 0.3 is 0 Å². The monoisotopic (exact) mass is 259 g/mol. The molecule has 0 fully saturated rings. The Balaban J connectivity index is 2.54. The van der Waals surface area contributed by atoms with Crippen LogP contribution in [-0.4, -0.2) is 5.91 Å². The number of aryl methyl sites for hydroxylation is 1. The maximum Gasteiger partial charge on any atom is 0.224 e. The Labute approximate surface area is 89.4 Å². The summed E-state index contributed by atoms with van der Waals surface area (Å²) in [5.41, 5.74) is 1.96. The predicted octanol–water partition coefficient (Wildman–Crippen LogP) is 2.99. The number of carbonyl (C=O) groups excluding carboxylic acids is 1. The van der Waals surface area contributed by atoms with Gasteiger partial charge < -0.3 is 5.32 Å². The second-order valence-corrected chi connectivity index (χ2v) is 4.14. The van der Waals surface area contributed by atoms with E-state index >= 15 is 0 Å². The quantitative estimate of drug-likeness (QED) is 0.763. The van der Waals surface area contributed by atoms with Crippen molar-refractivity contribution in [3.05, 3.63) is 27.2 Å². The minimum absolute atomic E-state index is 0.0514. The highest BCUT2D eigenvalue weighted by atomic mass is 79.9. The number of carbonyl (C=O) groups is 1. The molecule has 0 unspecified atom stereocenters. The summed E-state index contributed by atoms with van der Waals surface area (Å²) in [4.78, 5) is 11.1. The van der Waals surface area contributed by atoms with Crippen LogP contribution in [0.3, 0.4) is 0 Å². The van der Waals surface area contributed by atoms with E-state index in [0.29, 0.717) is 11.4 Å². The van der Waals surface area contributed by atoms with Crippen molar-refractivity contribution < 1.29 is 4.79 Å². The van der Waals surface area contributed by atoms with Crippen LogP contribution in [-0.2, 0) is 11.2 Å². The average Bonchev–Trinajstić information content (AvgIpc) is 2.12. The lowest BCUT2D eigenvalue weighted by Gasteiger charge is -2.18. The predicted molar refractivity (Wildman–Crippen MR) is 56.1 cm³/mol. The first kappa shape index (κ1) is 9.03. The highest BCUT2D eigenvalue weighted by Crippen LogP contribution is 2.35. The van der Waals surface area contributed by atoms with Gasteiger partial charge in [0.1, 0.15) is 0 Å². The fraction of sp³-hybridized carbons (Fsp3) is 0.222. The van der Waals surface area contributed by atoms with Crippen LogP contribution >= 0.6 is 27.5 Å². The normalized spacial score (nSPS) is 15.1. The number of nitrogens with one attached hydrogen (secondary N) is 1. The van der Waals surface area contributed by atoms with Gasteiger partial charge in [0.25, 0.3) is 0 Å². The molecule has 2 rings (SSSR count). The molecule has 1 aliphatic rings. The molecule has 0 saturated heterocycles. The van der Waals surface area contributed by atoms with Gasteiger partial charge in [0.2, 0.25) is 5.91 Å². The Morgan fingerprint density at radius 3 is 2.92 bits per heavy atom. The van der Waals surface area contributed by atoms with E-state index in [1.165, 1.54) is 0 Å². The van der Waals surface area contributed by atoms with Crippen LogP contribution in [0.25, 0.3) is 0 Å². The van der Waals surface area contributed by atoms with Crippen LogP contribution < -0.4 is 5.32 Å². The van der Waals surface area contributed by atoms with Crippen molar-refractivity contribution in [1.29, 1.82) is 0 Å². The van der Waals surface area contributed by atoms with E-state index in [0.717, 1.165) is 22.1 Å². The van der Waals surface area contributed by atoms with Crippen LogP contribution in [0.4, 0.5) is 5.69 Å². The van der Waals surface area contributed by atoms with Crippen LogP contribution in [0.2, 0.25) is 5.02 Å². The van der Waals surface area contributed by atoms with Crippen molar-refractivity contribution in [3.8, 4) is 0 Å². The fourth-order valence-corrected chi connectivity index (χ4v) is 2.03. The van der Waals surface area contributed by atoms with E-state index in [-0.39, 0.29) is 5.91 Å². The maximum absolute atomic E-state index is 11.1. The molecule has 1 heterocycles. The molecule has 1 aromatic rings. The van der Waals surface area contributed by atoms with Crippen LogP contribution in [0.15, 0.2) is 16.6 Å². The molecule has 0 aliphatic carbocycles. The second-order valence-electron chi connectivity index (χ2n) is 2.94. The van der Waals surface area contributed by atoms with E-state index in [1.54, 1.807) is 0 Å². The van der Waals surface area contributed by atoms with Gasteiger partial charge in [0.15, 0.2) is 0 Å². The fourth-order valence-electron chi connectivity index (χ4n) is 1.38. The third-order valence-electron chi connectivity index (χ3n) is 2.07. The third-order valence-corrected chi connectivity index (χ3v) is 3.43. The maximum atomic E-state index is 11.1. The first-order valence-corrected chi connectivity index (χ1v) is 5.12. The number of anilines is 1. The molecule has 68 valence electrons. The SMILES string of the molecule is O=C1CCc2ccc(Cl)c(Br)c2N1. The summed E-state index contributed by atoms with van der Waals surface area (Å²) >= 11 is 9.24. The van der Waals surface area contributed by atoms with E-state index < -0.39 is 0 Å². The zero-order chi connectivity index (χ0) is 9.42. The van der Waals surface area contributed by atoms with Crippen molar-refractivity contribution in [3.63, 3.8) is 0 Å². The molecule has 0 aromatic heterocycles. The molecule has 4 heteroatoms. The number of halogens is 2.